The van der Waals surface area contributed by atoms with Gasteiger partial charge in [0.25, 0.3) is 5.82 Å². The second kappa shape index (κ2) is 14.5. The molecule has 0 aliphatic rings. The predicted octanol–water partition coefficient (Wildman–Crippen LogP) is 6.45. The van der Waals surface area contributed by atoms with Crippen molar-refractivity contribution in [1.82, 2.24) is 4.57 Å². The highest BCUT2D eigenvalue weighted by molar-refractivity contribution is 4.82. The molecule has 0 N–H and O–H groups in total. The van der Waals surface area contributed by atoms with E-state index in [1.165, 1.54) is 95.8 Å². The molecule has 140 valence electrons. The molecule has 0 atom stereocenters. The van der Waals surface area contributed by atoms with Gasteiger partial charge in [0.1, 0.15) is 12.4 Å². The lowest BCUT2D eigenvalue weighted by molar-refractivity contribution is -0.704. The van der Waals surface area contributed by atoms with Crippen LogP contribution in [-0.2, 0) is 19.5 Å². The van der Waals surface area contributed by atoms with E-state index in [2.05, 4.69) is 42.3 Å². The molecular formula is C22H43N2+. The Labute approximate surface area is 151 Å². The van der Waals surface area contributed by atoms with Crippen LogP contribution in [0.1, 0.15) is 110 Å². The van der Waals surface area contributed by atoms with E-state index in [0.717, 1.165) is 13.0 Å². The molecule has 2 heteroatoms. The molecular weight excluding hydrogens is 292 g/mol. The van der Waals surface area contributed by atoms with Crippen LogP contribution in [0.4, 0.5) is 0 Å². The highest BCUT2D eigenvalue weighted by Gasteiger charge is 2.12. The average molecular weight is 336 g/mol. The zero-order valence-electron chi connectivity index (χ0n) is 16.9. The summed E-state index contributed by atoms with van der Waals surface area (Å²) in [6.07, 6.45) is 24.3. The second-order valence-corrected chi connectivity index (χ2v) is 7.29. The Balaban J connectivity index is 1.91. The average Bonchev–Trinajstić information content (AvgIpc) is 3.01. The number of nitrogens with zero attached hydrogens (tertiary/aromatic N) is 2. The Morgan fingerprint density at radius 2 is 1.21 bits per heavy atom. The highest BCUT2D eigenvalue weighted by atomic mass is 15.1. The molecule has 2 nitrogen and oxygen atoms in total. The third kappa shape index (κ3) is 8.89. The van der Waals surface area contributed by atoms with Crippen molar-refractivity contribution in [2.45, 2.75) is 124 Å². The third-order valence-corrected chi connectivity index (χ3v) is 5.25. The van der Waals surface area contributed by atoms with Crippen LogP contribution in [0.5, 0.6) is 0 Å². The molecule has 1 rings (SSSR count). The normalized spacial score (nSPS) is 11.3. The second-order valence-electron chi connectivity index (χ2n) is 7.29. The maximum absolute atomic E-state index is 2.46. The summed E-state index contributed by atoms with van der Waals surface area (Å²) < 4.78 is 4.84. The molecule has 0 aliphatic heterocycles. The Kier molecular flexibility index (Phi) is 12.9. The molecule has 1 aromatic heterocycles. The number of unbranched alkanes of at least 4 members (excludes halogenated alkanes) is 12. The van der Waals surface area contributed by atoms with Gasteiger partial charge in [0.2, 0.25) is 0 Å². The highest BCUT2D eigenvalue weighted by Crippen LogP contribution is 2.12. The van der Waals surface area contributed by atoms with Gasteiger partial charge in [-0.15, -0.1) is 0 Å². The number of hydrogen-bond acceptors (Lipinski definition) is 0. The van der Waals surface area contributed by atoms with Gasteiger partial charge in [-0.3, -0.25) is 0 Å². The Morgan fingerprint density at radius 3 is 1.67 bits per heavy atom. The van der Waals surface area contributed by atoms with Crippen molar-refractivity contribution in [3.05, 3.63) is 18.2 Å². The van der Waals surface area contributed by atoms with Crippen molar-refractivity contribution >= 4 is 0 Å². The van der Waals surface area contributed by atoms with Crippen LogP contribution in [0.15, 0.2) is 12.4 Å². The van der Waals surface area contributed by atoms with Gasteiger partial charge >= 0.3 is 0 Å². The molecule has 0 radical (unpaired) electrons. The summed E-state index contributed by atoms with van der Waals surface area (Å²) in [5.74, 6) is 1.48. The molecule has 0 unspecified atom stereocenters. The lowest BCUT2D eigenvalue weighted by Gasteiger charge is -2.04. The maximum Gasteiger partial charge on any atom is 0.256 e. The summed E-state index contributed by atoms with van der Waals surface area (Å²) >= 11 is 0. The molecule has 0 amide bonds. The van der Waals surface area contributed by atoms with Crippen molar-refractivity contribution in [1.29, 1.82) is 0 Å². The predicted molar refractivity (Wildman–Crippen MR) is 105 cm³/mol. The fourth-order valence-corrected chi connectivity index (χ4v) is 3.70. The molecule has 0 aromatic carbocycles. The standard InChI is InChI=1S/C22H43N2/c1-4-7-8-9-10-11-12-13-14-15-16-17-18-19-24-21-20-23(6-3)22(24)5-2/h20-21H,4-19H2,1-3H3/q+1. The van der Waals surface area contributed by atoms with Crippen LogP contribution in [0.2, 0.25) is 0 Å². The van der Waals surface area contributed by atoms with Crippen LogP contribution < -0.4 is 4.57 Å². The molecule has 1 aromatic rings. The lowest BCUT2D eigenvalue weighted by Crippen LogP contribution is -2.37. The minimum atomic E-state index is 1.09. The molecule has 0 fully saturated rings. The number of hydrogen-bond donors (Lipinski definition) is 0. The van der Waals surface area contributed by atoms with Gasteiger partial charge in [-0.25, -0.2) is 9.13 Å². The van der Waals surface area contributed by atoms with Crippen LogP contribution in [0, 0.1) is 0 Å². The number of rotatable bonds is 16. The van der Waals surface area contributed by atoms with E-state index in [-0.39, 0.29) is 0 Å². The number of imidazole rings is 1. The number of aromatic nitrogens is 2. The van der Waals surface area contributed by atoms with Crippen molar-refractivity contribution < 1.29 is 4.57 Å². The van der Waals surface area contributed by atoms with E-state index in [0.29, 0.717) is 0 Å². The van der Waals surface area contributed by atoms with Crippen molar-refractivity contribution in [3.63, 3.8) is 0 Å². The largest absolute Gasteiger partial charge is 0.256 e. The van der Waals surface area contributed by atoms with Crippen LogP contribution >= 0.6 is 0 Å². The lowest BCUT2D eigenvalue weighted by atomic mass is 10.0. The fraction of sp³-hybridized carbons (Fsp3) is 0.864. The Bertz CT molecular complexity index is 395. The summed E-state index contributed by atoms with van der Waals surface area (Å²) in [4.78, 5) is 0. The van der Waals surface area contributed by atoms with E-state index in [9.17, 15) is 0 Å². The molecule has 0 bridgehead atoms. The first-order valence-electron chi connectivity index (χ1n) is 10.9. The fourth-order valence-electron chi connectivity index (χ4n) is 3.70. The van der Waals surface area contributed by atoms with Gasteiger partial charge < -0.3 is 0 Å². The van der Waals surface area contributed by atoms with E-state index in [4.69, 9.17) is 0 Å². The zero-order chi connectivity index (χ0) is 17.5. The zero-order valence-corrected chi connectivity index (χ0v) is 16.9. The van der Waals surface area contributed by atoms with Gasteiger partial charge in [-0.2, -0.15) is 0 Å². The van der Waals surface area contributed by atoms with E-state index in [1.54, 1.807) is 0 Å². The smallest absolute Gasteiger partial charge is 0.235 e. The molecule has 1 heterocycles. The van der Waals surface area contributed by atoms with Gasteiger partial charge in [0.05, 0.1) is 13.1 Å². The first-order chi connectivity index (χ1) is 11.8. The minimum absolute atomic E-state index is 1.09. The van der Waals surface area contributed by atoms with Crippen LogP contribution in [-0.4, -0.2) is 4.57 Å². The van der Waals surface area contributed by atoms with Gasteiger partial charge in [-0.05, 0) is 19.8 Å². The molecule has 0 aliphatic carbocycles. The van der Waals surface area contributed by atoms with Gasteiger partial charge in [-0.1, -0.05) is 84.5 Å². The molecule has 0 saturated carbocycles. The first kappa shape index (κ1) is 21.3. The summed E-state index contributed by atoms with van der Waals surface area (Å²) in [5, 5.41) is 0. The summed E-state index contributed by atoms with van der Waals surface area (Å²) in [5.41, 5.74) is 0. The Hall–Kier alpha value is -0.790. The van der Waals surface area contributed by atoms with E-state index in [1.807, 2.05) is 0 Å². The van der Waals surface area contributed by atoms with Gasteiger partial charge in [0, 0.05) is 6.42 Å². The van der Waals surface area contributed by atoms with Crippen molar-refractivity contribution in [2.75, 3.05) is 0 Å². The quantitative estimate of drug-likeness (QED) is 0.242. The van der Waals surface area contributed by atoms with Gasteiger partial charge in [0.15, 0.2) is 0 Å². The third-order valence-electron chi connectivity index (χ3n) is 5.25. The SMILES string of the molecule is CCCCCCCCCCCCCCC[n+]1ccn(CC)c1CC. The van der Waals surface area contributed by atoms with E-state index < -0.39 is 0 Å². The van der Waals surface area contributed by atoms with E-state index >= 15 is 0 Å². The summed E-state index contributed by atoms with van der Waals surface area (Å²) in [6.45, 7) is 9.09. The summed E-state index contributed by atoms with van der Waals surface area (Å²) in [6, 6.07) is 0. The number of aryl methyl sites for hydroxylation is 2. The minimum Gasteiger partial charge on any atom is -0.235 e. The topological polar surface area (TPSA) is 8.81 Å². The molecule has 0 spiro atoms. The Morgan fingerprint density at radius 1 is 0.708 bits per heavy atom. The van der Waals surface area contributed by atoms with Crippen molar-refractivity contribution in [3.8, 4) is 0 Å². The maximum atomic E-state index is 2.46. The molecule has 0 saturated heterocycles. The van der Waals surface area contributed by atoms with Crippen molar-refractivity contribution in [2.24, 2.45) is 0 Å². The first-order valence-corrected chi connectivity index (χ1v) is 10.9. The van der Waals surface area contributed by atoms with Crippen LogP contribution in [0.25, 0.3) is 0 Å². The molecule has 24 heavy (non-hydrogen) atoms. The summed E-state index contributed by atoms with van der Waals surface area (Å²) in [7, 11) is 0. The monoisotopic (exact) mass is 335 g/mol. The van der Waals surface area contributed by atoms with Crippen LogP contribution in [0.3, 0.4) is 0 Å².